The van der Waals surface area contributed by atoms with Crippen molar-refractivity contribution in [3.63, 3.8) is 0 Å². The fourth-order valence-electron chi connectivity index (χ4n) is 3.37. The zero-order chi connectivity index (χ0) is 23.7. The number of rotatable bonds is 5. The molecule has 0 bridgehead atoms. The fourth-order valence-corrected chi connectivity index (χ4v) is 3.37. The van der Waals surface area contributed by atoms with Gasteiger partial charge in [0.15, 0.2) is 0 Å². The van der Waals surface area contributed by atoms with Gasteiger partial charge in [-0.1, -0.05) is 0 Å². The number of benzene rings is 1. The third-order valence-corrected chi connectivity index (χ3v) is 4.95. The number of phenols is 1. The van der Waals surface area contributed by atoms with Crippen LogP contribution in [0.1, 0.15) is 44.9 Å². The van der Waals surface area contributed by atoms with Gasteiger partial charge in [-0.05, 0) is 64.7 Å². The molecule has 174 valence electrons. The Balaban J connectivity index is 1.53. The number of hydrogen-bond acceptors (Lipinski definition) is 7. The van der Waals surface area contributed by atoms with Crippen molar-refractivity contribution in [2.75, 3.05) is 11.9 Å². The number of nitrogens with zero attached hydrogens (tertiary/aromatic N) is 3. The van der Waals surface area contributed by atoms with Gasteiger partial charge in [0.05, 0.1) is 11.3 Å². The lowest BCUT2D eigenvalue weighted by molar-refractivity contribution is -0.137. The first-order valence-electron chi connectivity index (χ1n) is 10.2. The number of aromatic hydroxyl groups is 1. The summed E-state index contributed by atoms with van der Waals surface area (Å²) in [5.41, 5.74) is -0.754. The predicted octanol–water partition coefficient (Wildman–Crippen LogP) is 4.29. The van der Waals surface area contributed by atoms with Gasteiger partial charge in [-0.3, -0.25) is 0 Å². The van der Waals surface area contributed by atoms with E-state index in [-0.39, 0.29) is 23.2 Å². The van der Waals surface area contributed by atoms with Crippen LogP contribution in [0.25, 0.3) is 11.3 Å². The highest BCUT2D eigenvalue weighted by atomic mass is 19.4. The number of alkyl halides is 3. The largest absolute Gasteiger partial charge is 0.507 e. The van der Waals surface area contributed by atoms with Crippen LogP contribution in [0.5, 0.6) is 5.75 Å². The van der Waals surface area contributed by atoms with E-state index < -0.39 is 29.2 Å². The molecule has 1 heterocycles. The molecule has 1 aromatic carbocycles. The van der Waals surface area contributed by atoms with Crippen LogP contribution in [0.15, 0.2) is 18.2 Å². The van der Waals surface area contributed by atoms with E-state index >= 15 is 0 Å². The standard InChI is InChI=1S/C21H26F3N5O3/c1-11-17(15-6-5-13(9-16(15)30)21(22,23)24)28-29-18(26-11)25-10-12-7-14(8-12)27-19(31)32-20(2,3)4/h5-6,9,12,14,30H,7-8,10H2,1-4H3,(H,27,31)(H,25,26,29). The molecule has 3 N–H and O–H groups in total. The van der Waals surface area contributed by atoms with E-state index in [0.29, 0.717) is 24.2 Å². The Kier molecular flexibility index (Phi) is 6.47. The fraction of sp³-hybridized carbons (Fsp3) is 0.524. The zero-order valence-electron chi connectivity index (χ0n) is 18.2. The van der Waals surface area contributed by atoms with Gasteiger partial charge in [-0.25, -0.2) is 9.78 Å². The first kappa shape index (κ1) is 23.6. The number of alkyl carbamates (subject to hydrolysis) is 1. The summed E-state index contributed by atoms with van der Waals surface area (Å²) in [6.07, 6.45) is -3.41. The number of hydrogen-bond donors (Lipinski definition) is 3. The minimum Gasteiger partial charge on any atom is -0.507 e. The quantitative estimate of drug-likeness (QED) is 0.620. The molecule has 1 aliphatic rings. The van der Waals surface area contributed by atoms with Crippen LogP contribution < -0.4 is 10.6 Å². The number of aromatic nitrogens is 3. The highest BCUT2D eigenvalue weighted by Gasteiger charge is 2.32. The van der Waals surface area contributed by atoms with Crippen molar-refractivity contribution in [3.8, 4) is 17.0 Å². The Morgan fingerprint density at radius 2 is 1.91 bits per heavy atom. The number of carbonyl (C=O) groups excluding carboxylic acids is 1. The summed E-state index contributed by atoms with van der Waals surface area (Å²) in [6.45, 7) is 7.63. The number of ether oxygens (including phenoxy) is 1. The molecule has 0 unspecified atom stereocenters. The molecule has 1 fully saturated rings. The van der Waals surface area contributed by atoms with Crippen molar-refractivity contribution in [2.45, 2.75) is 58.4 Å². The lowest BCUT2D eigenvalue weighted by Crippen LogP contribution is -2.47. The van der Waals surface area contributed by atoms with Crippen LogP contribution in [0.4, 0.5) is 23.9 Å². The van der Waals surface area contributed by atoms with Gasteiger partial charge in [0.1, 0.15) is 17.0 Å². The Labute approximate surface area is 183 Å². The van der Waals surface area contributed by atoms with Crippen molar-refractivity contribution in [2.24, 2.45) is 5.92 Å². The van der Waals surface area contributed by atoms with Gasteiger partial charge in [0.25, 0.3) is 0 Å². The molecule has 1 aromatic heterocycles. The maximum atomic E-state index is 12.8. The second-order valence-electron chi connectivity index (χ2n) is 8.86. The van der Waals surface area contributed by atoms with E-state index in [0.717, 1.165) is 25.0 Å². The second kappa shape index (κ2) is 8.79. The third-order valence-electron chi connectivity index (χ3n) is 4.95. The van der Waals surface area contributed by atoms with E-state index in [1.165, 1.54) is 0 Å². The first-order valence-corrected chi connectivity index (χ1v) is 10.2. The summed E-state index contributed by atoms with van der Waals surface area (Å²) in [6, 6.07) is 2.74. The summed E-state index contributed by atoms with van der Waals surface area (Å²) in [7, 11) is 0. The van der Waals surface area contributed by atoms with Gasteiger partial charge in [-0.2, -0.15) is 13.2 Å². The topological polar surface area (TPSA) is 109 Å². The number of halogens is 3. The average molecular weight is 453 g/mol. The maximum absolute atomic E-state index is 12.8. The van der Waals surface area contributed by atoms with Crippen LogP contribution in [0.2, 0.25) is 0 Å². The van der Waals surface area contributed by atoms with Crippen LogP contribution in [0.3, 0.4) is 0 Å². The first-order chi connectivity index (χ1) is 14.8. The third kappa shape index (κ3) is 5.98. The van der Waals surface area contributed by atoms with Crippen molar-refractivity contribution in [1.82, 2.24) is 20.5 Å². The van der Waals surface area contributed by atoms with Gasteiger partial charge < -0.3 is 20.5 Å². The Bertz CT molecular complexity index is 986. The monoisotopic (exact) mass is 453 g/mol. The van der Waals surface area contributed by atoms with E-state index in [4.69, 9.17) is 4.74 Å². The van der Waals surface area contributed by atoms with Gasteiger partial charge in [-0.15, -0.1) is 10.2 Å². The average Bonchev–Trinajstić information content (AvgIpc) is 2.61. The molecule has 0 aliphatic heterocycles. The molecule has 0 radical (unpaired) electrons. The molecule has 3 rings (SSSR count). The van der Waals surface area contributed by atoms with E-state index in [2.05, 4.69) is 25.8 Å². The molecule has 8 nitrogen and oxygen atoms in total. The van der Waals surface area contributed by atoms with Crippen molar-refractivity contribution in [1.29, 1.82) is 0 Å². The Morgan fingerprint density at radius 1 is 1.22 bits per heavy atom. The minimum absolute atomic E-state index is 0.0578. The van der Waals surface area contributed by atoms with E-state index in [9.17, 15) is 23.1 Å². The molecule has 2 aromatic rings. The lowest BCUT2D eigenvalue weighted by Gasteiger charge is -2.36. The van der Waals surface area contributed by atoms with Crippen molar-refractivity contribution in [3.05, 3.63) is 29.5 Å². The zero-order valence-corrected chi connectivity index (χ0v) is 18.2. The molecule has 0 saturated heterocycles. The number of phenolic OH excluding ortho intramolecular Hbond substituents is 1. The van der Waals surface area contributed by atoms with Crippen molar-refractivity contribution < 1.29 is 27.8 Å². The summed E-state index contributed by atoms with van der Waals surface area (Å²) < 4.78 is 43.6. The predicted molar refractivity (Wildman–Crippen MR) is 111 cm³/mol. The SMILES string of the molecule is Cc1nc(NCC2CC(NC(=O)OC(C)(C)C)C2)nnc1-c1ccc(C(F)(F)F)cc1O. The number of amides is 1. The van der Waals surface area contributed by atoms with E-state index in [1.54, 1.807) is 27.7 Å². The molecular weight excluding hydrogens is 427 g/mol. The summed E-state index contributed by atoms with van der Waals surface area (Å²) >= 11 is 0. The number of carbonyl (C=O) groups is 1. The maximum Gasteiger partial charge on any atom is 0.416 e. The Hall–Kier alpha value is -3.11. The highest BCUT2D eigenvalue weighted by molar-refractivity contribution is 5.69. The van der Waals surface area contributed by atoms with Crippen LogP contribution >= 0.6 is 0 Å². The molecule has 1 saturated carbocycles. The lowest BCUT2D eigenvalue weighted by atomic mass is 9.80. The minimum atomic E-state index is -4.55. The summed E-state index contributed by atoms with van der Waals surface area (Å²) in [5.74, 6) is 0.0522. The molecule has 0 spiro atoms. The van der Waals surface area contributed by atoms with Gasteiger partial charge >= 0.3 is 12.3 Å². The molecule has 11 heteroatoms. The second-order valence-corrected chi connectivity index (χ2v) is 8.86. The summed E-state index contributed by atoms with van der Waals surface area (Å²) in [4.78, 5) is 16.1. The smallest absolute Gasteiger partial charge is 0.416 e. The van der Waals surface area contributed by atoms with Crippen LogP contribution in [-0.4, -0.2) is 44.6 Å². The molecule has 1 aliphatic carbocycles. The molecule has 1 amide bonds. The van der Waals surface area contributed by atoms with Gasteiger partial charge in [0, 0.05) is 18.2 Å². The number of nitrogens with one attached hydrogen (secondary N) is 2. The Morgan fingerprint density at radius 3 is 2.47 bits per heavy atom. The number of aryl methyl sites for hydroxylation is 1. The van der Waals surface area contributed by atoms with E-state index in [1.807, 2.05) is 0 Å². The molecular formula is C21H26F3N5O3. The highest BCUT2D eigenvalue weighted by Crippen LogP contribution is 2.36. The number of anilines is 1. The summed E-state index contributed by atoms with van der Waals surface area (Å²) in [5, 5.41) is 23.9. The molecule has 32 heavy (non-hydrogen) atoms. The van der Waals surface area contributed by atoms with Crippen molar-refractivity contribution >= 4 is 12.0 Å². The molecule has 0 atom stereocenters. The van der Waals surface area contributed by atoms with Crippen LogP contribution in [-0.2, 0) is 10.9 Å². The van der Waals surface area contributed by atoms with Gasteiger partial charge in [0.2, 0.25) is 5.95 Å². The van der Waals surface area contributed by atoms with Crippen LogP contribution in [0, 0.1) is 12.8 Å². The normalized spacial score (nSPS) is 18.6.